The van der Waals surface area contributed by atoms with Gasteiger partial charge in [0.15, 0.2) is 11.4 Å². The molecule has 0 atom stereocenters. The first-order valence-electron chi connectivity index (χ1n) is 3.59. The summed E-state index contributed by atoms with van der Waals surface area (Å²) in [4.78, 5) is 14.9. The minimum atomic E-state index is -0.0412. The van der Waals surface area contributed by atoms with Crippen molar-refractivity contribution in [2.24, 2.45) is 0 Å². The lowest BCUT2D eigenvalue weighted by Crippen LogP contribution is -1.93. The molecule has 0 aliphatic rings. The van der Waals surface area contributed by atoms with E-state index in [1.165, 1.54) is 6.92 Å². The van der Waals surface area contributed by atoms with Crippen molar-refractivity contribution in [1.82, 2.24) is 14.6 Å². The molecule has 0 aliphatic carbocycles. The molecule has 2 aromatic rings. The number of aromatic nitrogens is 3. The molecule has 0 aromatic carbocycles. The van der Waals surface area contributed by atoms with Gasteiger partial charge in [0.05, 0.1) is 0 Å². The van der Waals surface area contributed by atoms with Gasteiger partial charge in [-0.2, -0.15) is 5.10 Å². The van der Waals surface area contributed by atoms with Crippen LogP contribution in [0, 0.1) is 0 Å². The first-order valence-corrected chi connectivity index (χ1v) is 3.59. The van der Waals surface area contributed by atoms with Crippen LogP contribution < -0.4 is 0 Å². The summed E-state index contributed by atoms with van der Waals surface area (Å²) >= 11 is 0. The summed E-state index contributed by atoms with van der Waals surface area (Å²) in [5.74, 6) is -0.0412. The Morgan fingerprint density at radius 2 is 2.42 bits per heavy atom. The Morgan fingerprint density at radius 3 is 3.08 bits per heavy atom. The van der Waals surface area contributed by atoms with Gasteiger partial charge in [0.1, 0.15) is 5.69 Å². The zero-order valence-corrected chi connectivity index (χ0v) is 6.56. The molecule has 2 aromatic heterocycles. The van der Waals surface area contributed by atoms with Gasteiger partial charge in [-0.05, 0) is 6.07 Å². The lowest BCUT2D eigenvalue weighted by Gasteiger charge is -1.86. The number of Topliss-reactive ketones (excluding diaryl/α,β-unsaturated/α-hetero) is 1. The van der Waals surface area contributed by atoms with Crippen molar-refractivity contribution in [1.29, 1.82) is 0 Å². The SMILES string of the molecule is CC(=O)c1cc2ncccn2n1. The fraction of sp³-hybridized carbons (Fsp3) is 0.125. The van der Waals surface area contributed by atoms with E-state index in [4.69, 9.17) is 0 Å². The molecular weight excluding hydrogens is 154 g/mol. The Bertz CT molecular complexity index is 400. The molecule has 12 heavy (non-hydrogen) atoms. The van der Waals surface area contributed by atoms with E-state index in [1.54, 1.807) is 29.0 Å². The Labute approximate surface area is 68.8 Å². The van der Waals surface area contributed by atoms with Crippen LogP contribution >= 0.6 is 0 Å². The van der Waals surface area contributed by atoms with Crippen LogP contribution in [0.5, 0.6) is 0 Å². The van der Waals surface area contributed by atoms with Gasteiger partial charge in [0.2, 0.25) is 0 Å². The third-order valence-electron chi connectivity index (χ3n) is 1.60. The summed E-state index contributed by atoms with van der Waals surface area (Å²) in [7, 11) is 0. The number of rotatable bonds is 1. The van der Waals surface area contributed by atoms with Crippen molar-refractivity contribution >= 4 is 11.4 Å². The summed E-state index contributed by atoms with van der Waals surface area (Å²) in [5, 5.41) is 4.02. The summed E-state index contributed by atoms with van der Waals surface area (Å²) in [6.45, 7) is 1.49. The maximum atomic E-state index is 10.9. The third-order valence-corrected chi connectivity index (χ3v) is 1.60. The Hall–Kier alpha value is -1.71. The molecule has 0 aliphatic heterocycles. The van der Waals surface area contributed by atoms with Crippen LogP contribution in [0.3, 0.4) is 0 Å². The van der Waals surface area contributed by atoms with Crippen LogP contribution in [0.1, 0.15) is 17.4 Å². The molecule has 0 saturated heterocycles. The molecule has 60 valence electrons. The van der Waals surface area contributed by atoms with E-state index in [1.807, 2.05) is 0 Å². The highest BCUT2D eigenvalue weighted by atomic mass is 16.1. The molecule has 4 nitrogen and oxygen atoms in total. The van der Waals surface area contributed by atoms with Crippen LogP contribution in [0.2, 0.25) is 0 Å². The van der Waals surface area contributed by atoms with Crippen LogP contribution in [-0.4, -0.2) is 20.4 Å². The minimum Gasteiger partial charge on any atom is -0.293 e. The lowest BCUT2D eigenvalue weighted by atomic mass is 10.3. The van der Waals surface area contributed by atoms with Crippen LogP contribution in [-0.2, 0) is 0 Å². The second kappa shape index (κ2) is 2.41. The van der Waals surface area contributed by atoms with Crippen molar-refractivity contribution in [2.75, 3.05) is 0 Å². The first kappa shape index (κ1) is 6.97. The number of fused-ring (bicyclic) bond motifs is 1. The average Bonchev–Trinajstić information content (AvgIpc) is 2.46. The van der Waals surface area contributed by atoms with Crippen molar-refractivity contribution in [2.45, 2.75) is 6.92 Å². The van der Waals surface area contributed by atoms with Gasteiger partial charge in [-0.25, -0.2) is 9.50 Å². The Morgan fingerprint density at radius 1 is 1.58 bits per heavy atom. The first-order chi connectivity index (χ1) is 5.77. The van der Waals surface area contributed by atoms with Crippen molar-refractivity contribution < 1.29 is 4.79 Å². The van der Waals surface area contributed by atoms with Gasteiger partial charge < -0.3 is 0 Å². The van der Waals surface area contributed by atoms with E-state index in [9.17, 15) is 4.79 Å². The summed E-state index contributed by atoms with van der Waals surface area (Å²) in [5.41, 5.74) is 1.15. The maximum absolute atomic E-state index is 10.9. The molecular formula is C8H7N3O. The van der Waals surface area contributed by atoms with Crippen molar-refractivity contribution in [3.63, 3.8) is 0 Å². The predicted molar refractivity (Wildman–Crippen MR) is 43.0 cm³/mol. The monoisotopic (exact) mass is 161 g/mol. The van der Waals surface area contributed by atoms with E-state index in [0.29, 0.717) is 11.3 Å². The molecule has 0 saturated carbocycles. The number of ketones is 1. The van der Waals surface area contributed by atoms with Gasteiger partial charge in [-0.3, -0.25) is 4.79 Å². The van der Waals surface area contributed by atoms with E-state index in [0.717, 1.165) is 0 Å². The number of hydrogen-bond donors (Lipinski definition) is 0. The number of carbonyl (C=O) groups is 1. The van der Waals surface area contributed by atoms with Gasteiger partial charge in [0.25, 0.3) is 0 Å². The van der Waals surface area contributed by atoms with E-state index >= 15 is 0 Å². The maximum Gasteiger partial charge on any atom is 0.180 e. The highest BCUT2D eigenvalue weighted by Crippen LogP contribution is 2.02. The Kier molecular flexibility index (Phi) is 1.40. The van der Waals surface area contributed by atoms with Crippen LogP contribution in [0.25, 0.3) is 5.65 Å². The molecule has 0 amide bonds. The standard InChI is InChI=1S/C8H7N3O/c1-6(12)7-5-8-9-3-2-4-11(8)10-7/h2-5H,1H3. The molecule has 4 heteroatoms. The molecule has 0 unspecified atom stereocenters. The van der Waals surface area contributed by atoms with Gasteiger partial charge in [-0.1, -0.05) is 0 Å². The van der Waals surface area contributed by atoms with Gasteiger partial charge in [-0.15, -0.1) is 0 Å². The topological polar surface area (TPSA) is 47.3 Å². The molecule has 0 spiro atoms. The zero-order valence-electron chi connectivity index (χ0n) is 6.56. The van der Waals surface area contributed by atoms with Crippen molar-refractivity contribution in [3.8, 4) is 0 Å². The second-order valence-corrected chi connectivity index (χ2v) is 2.51. The van der Waals surface area contributed by atoms with Gasteiger partial charge >= 0.3 is 0 Å². The molecule has 0 N–H and O–H groups in total. The number of nitrogens with zero attached hydrogens (tertiary/aromatic N) is 3. The van der Waals surface area contributed by atoms with Gasteiger partial charge in [0, 0.05) is 25.4 Å². The average molecular weight is 161 g/mol. The summed E-state index contributed by atoms with van der Waals surface area (Å²) in [6, 6.07) is 3.44. The van der Waals surface area contributed by atoms with Crippen molar-refractivity contribution in [3.05, 3.63) is 30.2 Å². The van der Waals surface area contributed by atoms with E-state index in [2.05, 4.69) is 10.1 Å². The highest BCUT2D eigenvalue weighted by Gasteiger charge is 2.04. The molecule has 2 rings (SSSR count). The smallest absolute Gasteiger partial charge is 0.180 e. The van der Waals surface area contributed by atoms with Crippen LogP contribution in [0.4, 0.5) is 0 Å². The van der Waals surface area contributed by atoms with E-state index in [-0.39, 0.29) is 5.78 Å². The molecule has 0 fully saturated rings. The second-order valence-electron chi connectivity index (χ2n) is 2.51. The summed E-state index contributed by atoms with van der Waals surface area (Å²) in [6.07, 6.45) is 3.43. The van der Waals surface area contributed by atoms with Crippen LogP contribution in [0.15, 0.2) is 24.5 Å². The quantitative estimate of drug-likeness (QED) is 0.584. The normalized spacial score (nSPS) is 10.4. The molecule has 0 radical (unpaired) electrons. The third kappa shape index (κ3) is 0.972. The fourth-order valence-electron chi connectivity index (χ4n) is 1.00. The number of hydrogen-bond acceptors (Lipinski definition) is 3. The number of carbonyl (C=O) groups excluding carboxylic acids is 1. The zero-order chi connectivity index (χ0) is 8.55. The minimum absolute atomic E-state index is 0.0412. The predicted octanol–water partition coefficient (Wildman–Crippen LogP) is 0.932. The lowest BCUT2D eigenvalue weighted by molar-refractivity contribution is 0.101. The molecule has 0 bridgehead atoms. The Balaban J connectivity index is 2.70. The fourth-order valence-corrected chi connectivity index (χ4v) is 1.00. The highest BCUT2D eigenvalue weighted by molar-refractivity contribution is 5.93. The largest absolute Gasteiger partial charge is 0.293 e. The molecule has 2 heterocycles. The summed E-state index contributed by atoms with van der Waals surface area (Å²) < 4.78 is 1.58. The van der Waals surface area contributed by atoms with E-state index < -0.39 is 0 Å².